The van der Waals surface area contributed by atoms with E-state index < -0.39 is 29.2 Å². The van der Waals surface area contributed by atoms with Gasteiger partial charge < -0.3 is 20.4 Å². The van der Waals surface area contributed by atoms with Crippen molar-refractivity contribution in [3.8, 4) is 0 Å². The van der Waals surface area contributed by atoms with Crippen molar-refractivity contribution in [2.75, 3.05) is 38.8 Å². The van der Waals surface area contributed by atoms with E-state index in [1.54, 1.807) is 62.3 Å². The molecule has 174 valence electrons. The van der Waals surface area contributed by atoms with E-state index in [1.807, 2.05) is 0 Å². The van der Waals surface area contributed by atoms with Crippen LogP contribution in [-0.4, -0.2) is 49.1 Å². The van der Waals surface area contributed by atoms with Crippen molar-refractivity contribution in [2.45, 2.75) is 12.4 Å². The fraction of sp³-hybridized carbons (Fsp3) is 0.300. The normalized spacial score (nSPS) is 11.6. The molecule has 2 rings (SSSR count). The largest absolute Gasteiger partial charge is 0.416 e. The molecule has 12 heteroatoms. The second-order valence-electron chi connectivity index (χ2n) is 7.09. The van der Waals surface area contributed by atoms with Crippen LogP contribution in [0.1, 0.15) is 11.1 Å². The van der Waals surface area contributed by atoms with E-state index >= 15 is 0 Å². The Kier molecular flexibility index (Phi) is 7.60. The summed E-state index contributed by atoms with van der Waals surface area (Å²) in [6.45, 7) is 0. The van der Waals surface area contributed by atoms with Crippen molar-refractivity contribution in [1.29, 1.82) is 0 Å². The zero-order valence-corrected chi connectivity index (χ0v) is 18.4. The summed E-state index contributed by atoms with van der Waals surface area (Å²) >= 11 is 5.11. The Balaban J connectivity index is 2.34. The molecule has 0 aliphatic heterocycles. The van der Waals surface area contributed by atoms with Gasteiger partial charge in [0.15, 0.2) is 5.11 Å². The summed E-state index contributed by atoms with van der Waals surface area (Å²) in [6, 6.07) is 7.89. The molecule has 0 fully saturated rings. The molecule has 0 aromatic heterocycles. The minimum atomic E-state index is -4.96. The third-order valence-corrected chi connectivity index (χ3v) is 4.22. The van der Waals surface area contributed by atoms with Crippen LogP contribution in [0.3, 0.4) is 0 Å². The fourth-order valence-electron chi connectivity index (χ4n) is 2.70. The van der Waals surface area contributed by atoms with Crippen LogP contribution in [0.5, 0.6) is 0 Å². The molecule has 32 heavy (non-hydrogen) atoms. The number of para-hydroxylation sites is 2. The standard InChI is InChI=1S/C20H21F6N5S/c1-30(2)18(31(3)4)29-16-8-6-5-7-15(16)28-17(32)27-14-10-12(19(21,22)23)9-13(11-14)20(24,25)26/h5-11H,1-4H3,(H2,27,28,32). The predicted molar refractivity (Wildman–Crippen MR) is 117 cm³/mol. The van der Waals surface area contributed by atoms with Crippen LogP contribution in [0.4, 0.5) is 43.4 Å². The minimum absolute atomic E-state index is 0.0513. The number of alkyl halides is 6. The third-order valence-electron chi connectivity index (χ3n) is 4.02. The molecule has 0 unspecified atom stereocenters. The summed E-state index contributed by atoms with van der Waals surface area (Å²) in [4.78, 5) is 8.08. The first-order chi connectivity index (χ1) is 14.7. The quantitative estimate of drug-likeness (QED) is 0.259. The van der Waals surface area contributed by atoms with Gasteiger partial charge in [-0.2, -0.15) is 26.3 Å². The van der Waals surface area contributed by atoms with Gasteiger partial charge in [-0.15, -0.1) is 0 Å². The molecule has 0 atom stereocenters. The zero-order chi connectivity index (χ0) is 24.3. The monoisotopic (exact) mass is 477 g/mol. The van der Waals surface area contributed by atoms with Gasteiger partial charge in [0.05, 0.1) is 22.5 Å². The second kappa shape index (κ2) is 9.63. The maximum atomic E-state index is 13.1. The fourth-order valence-corrected chi connectivity index (χ4v) is 2.92. The molecule has 0 heterocycles. The molecule has 0 aliphatic rings. The summed E-state index contributed by atoms with van der Waals surface area (Å²) in [5, 5.41) is 4.97. The number of rotatable bonds is 3. The van der Waals surface area contributed by atoms with Crippen molar-refractivity contribution in [1.82, 2.24) is 9.80 Å². The number of nitrogens with one attached hydrogen (secondary N) is 2. The number of hydrogen-bond donors (Lipinski definition) is 2. The highest BCUT2D eigenvalue weighted by molar-refractivity contribution is 7.80. The van der Waals surface area contributed by atoms with Gasteiger partial charge in [-0.05, 0) is 42.5 Å². The number of guanidine groups is 1. The highest BCUT2D eigenvalue weighted by Gasteiger charge is 2.37. The average molecular weight is 477 g/mol. The number of aliphatic imine (C=N–C) groups is 1. The second-order valence-corrected chi connectivity index (χ2v) is 7.50. The highest BCUT2D eigenvalue weighted by atomic mass is 32.1. The Bertz CT molecular complexity index is 956. The van der Waals surface area contributed by atoms with E-state index in [1.165, 1.54) is 0 Å². The van der Waals surface area contributed by atoms with E-state index in [9.17, 15) is 26.3 Å². The molecular weight excluding hydrogens is 456 g/mol. The minimum Gasteiger partial charge on any atom is -0.349 e. The summed E-state index contributed by atoms with van der Waals surface area (Å²) in [7, 11) is 7.19. The molecule has 0 saturated heterocycles. The maximum Gasteiger partial charge on any atom is 0.416 e. The van der Waals surface area contributed by atoms with Gasteiger partial charge in [0.2, 0.25) is 5.96 Å². The SMILES string of the molecule is CN(C)C(=Nc1ccccc1NC(=S)Nc1cc(C(F)(F)F)cc(C(F)(F)F)c1)N(C)C. The Morgan fingerprint density at radius 1 is 0.812 bits per heavy atom. The molecule has 0 saturated carbocycles. The first kappa shape index (κ1) is 25.2. The number of hydrogen-bond acceptors (Lipinski definition) is 2. The first-order valence-corrected chi connectivity index (χ1v) is 9.49. The van der Waals surface area contributed by atoms with Gasteiger partial charge in [0.25, 0.3) is 0 Å². The van der Waals surface area contributed by atoms with Crippen LogP contribution in [-0.2, 0) is 12.4 Å². The predicted octanol–water partition coefficient (Wildman–Crippen LogP) is 5.64. The van der Waals surface area contributed by atoms with Crippen LogP contribution >= 0.6 is 12.2 Å². The lowest BCUT2D eigenvalue weighted by Crippen LogP contribution is -2.35. The van der Waals surface area contributed by atoms with Crippen molar-refractivity contribution in [3.05, 3.63) is 53.6 Å². The number of anilines is 2. The van der Waals surface area contributed by atoms with Crippen molar-refractivity contribution in [3.63, 3.8) is 0 Å². The van der Waals surface area contributed by atoms with Gasteiger partial charge >= 0.3 is 12.4 Å². The van der Waals surface area contributed by atoms with Crippen molar-refractivity contribution < 1.29 is 26.3 Å². The van der Waals surface area contributed by atoms with E-state index in [0.717, 1.165) is 0 Å². The van der Waals surface area contributed by atoms with Crippen LogP contribution < -0.4 is 10.6 Å². The van der Waals surface area contributed by atoms with E-state index in [2.05, 4.69) is 15.6 Å². The number of nitrogens with zero attached hydrogens (tertiary/aromatic N) is 3. The van der Waals surface area contributed by atoms with Crippen molar-refractivity contribution >= 4 is 40.4 Å². The van der Waals surface area contributed by atoms with Crippen LogP contribution in [0.15, 0.2) is 47.5 Å². The molecule has 5 nitrogen and oxygen atoms in total. The summed E-state index contributed by atoms with van der Waals surface area (Å²) in [6.07, 6.45) is -9.91. The lowest BCUT2D eigenvalue weighted by molar-refractivity contribution is -0.143. The zero-order valence-electron chi connectivity index (χ0n) is 17.6. The smallest absolute Gasteiger partial charge is 0.349 e. The Morgan fingerprint density at radius 3 is 1.78 bits per heavy atom. The van der Waals surface area contributed by atoms with Gasteiger partial charge in [0.1, 0.15) is 0 Å². The Hall–Kier alpha value is -3.02. The third kappa shape index (κ3) is 6.74. The summed E-state index contributed by atoms with van der Waals surface area (Å²) < 4.78 is 78.4. The molecule has 2 N–H and O–H groups in total. The van der Waals surface area contributed by atoms with E-state index in [4.69, 9.17) is 12.2 Å². The van der Waals surface area contributed by atoms with Gasteiger partial charge in [0, 0.05) is 33.9 Å². The van der Waals surface area contributed by atoms with Crippen LogP contribution in [0.25, 0.3) is 0 Å². The van der Waals surface area contributed by atoms with Crippen LogP contribution in [0.2, 0.25) is 0 Å². The molecule has 0 aliphatic carbocycles. The molecule has 0 amide bonds. The molecular formula is C20H21F6N5S. The lowest BCUT2D eigenvalue weighted by atomic mass is 10.1. The van der Waals surface area contributed by atoms with Gasteiger partial charge in [-0.3, -0.25) is 0 Å². The van der Waals surface area contributed by atoms with E-state index in [-0.39, 0.29) is 11.2 Å². The molecule has 2 aromatic carbocycles. The Labute approximate surface area is 186 Å². The summed E-state index contributed by atoms with van der Waals surface area (Å²) in [5.74, 6) is 0.603. The first-order valence-electron chi connectivity index (χ1n) is 9.08. The van der Waals surface area contributed by atoms with Crippen molar-refractivity contribution in [2.24, 2.45) is 4.99 Å². The topological polar surface area (TPSA) is 42.9 Å². The molecule has 0 spiro atoms. The maximum absolute atomic E-state index is 13.1. The van der Waals surface area contributed by atoms with Gasteiger partial charge in [-0.25, -0.2) is 4.99 Å². The number of benzene rings is 2. The molecule has 0 radical (unpaired) electrons. The molecule has 2 aromatic rings. The number of thiocarbonyl (C=S) groups is 1. The summed E-state index contributed by atoms with van der Waals surface area (Å²) in [5.41, 5.74) is -2.45. The highest BCUT2D eigenvalue weighted by Crippen LogP contribution is 2.37. The van der Waals surface area contributed by atoms with Gasteiger partial charge in [-0.1, -0.05) is 12.1 Å². The average Bonchev–Trinajstić information content (AvgIpc) is 2.65. The van der Waals surface area contributed by atoms with E-state index in [0.29, 0.717) is 29.5 Å². The van der Waals surface area contributed by atoms with Crippen LogP contribution in [0, 0.1) is 0 Å². The Morgan fingerprint density at radius 2 is 1.31 bits per heavy atom. The molecule has 0 bridgehead atoms. The lowest BCUT2D eigenvalue weighted by Gasteiger charge is -2.23. The number of halogens is 6.